The molecule has 19 heavy (non-hydrogen) atoms. The minimum atomic E-state index is -0.264. The van der Waals surface area contributed by atoms with Crippen LogP contribution in [0, 0.1) is 6.92 Å². The SMILES string of the molecule is COc1ccccc1C(=O)NNc1ncc(C)s1.Cl. The average molecular weight is 300 g/mol. The minimum absolute atomic E-state index is 0. The second kappa shape index (κ2) is 6.96. The van der Waals surface area contributed by atoms with Gasteiger partial charge in [-0.15, -0.1) is 23.7 Å². The van der Waals surface area contributed by atoms with E-state index in [1.54, 1.807) is 24.4 Å². The number of aryl methyl sites for hydroxylation is 1. The highest BCUT2D eigenvalue weighted by Gasteiger charge is 2.11. The van der Waals surface area contributed by atoms with E-state index in [0.717, 1.165) is 4.88 Å². The van der Waals surface area contributed by atoms with E-state index in [2.05, 4.69) is 15.8 Å². The van der Waals surface area contributed by atoms with Gasteiger partial charge in [-0.2, -0.15) is 0 Å². The third-order valence-corrected chi connectivity index (χ3v) is 3.08. The molecule has 0 saturated carbocycles. The molecule has 1 aromatic heterocycles. The molecule has 2 N–H and O–H groups in total. The van der Waals surface area contributed by atoms with Crippen molar-refractivity contribution in [3.8, 4) is 5.75 Å². The Labute approximate surface area is 121 Å². The molecule has 2 aromatic rings. The summed E-state index contributed by atoms with van der Waals surface area (Å²) in [5.74, 6) is 0.271. The van der Waals surface area contributed by atoms with Crippen LogP contribution in [0.5, 0.6) is 5.75 Å². The Morgan fingerprint density at radius 1 is 1.37 bits per heavy atom. The summed E-state index contributed by atoms with van der Waals surface area (Å²) >= 11 is 1.47. The summed E-state index contributed by atoms with van der Waals surface area (Å²) in [5.41, 5.74) is 5.82. The van der Waals surface area contributed by atoms with E-state index in [4.69, 9.17) is 4.74 Å². The van der Waals surface area contributed by atoms with Gasteiger partial charge in [-0.25, -0.2) is 4.98 Å². The van der Waals surface area contributed by atoms with Crippen molar-refractivity contribution in [2.45, 2.75) is 6.92 Å². The number of nitrogens with one attached hydrogen (secondary N) is 2. The molecule has 0 aliphatic carbocycles. The monoisotopic (exact) mass is 299 g/mol. The summed E-state index contributed by atoms with van der Waals surface area (Å²) in [6, 6.07) is 7.03. The molecule has 0 aliphatic rings. The molecule has 0 unspecified atom stereocenters. The van der Waals surface area contributed by atoms with Gasteiger partial charge in [0.15, 0.2) is 0 Å². The molecule has 0 radical (unpaired) electrons. The molecule has 0 atom stereocenters. The minimum Gasteiger partial charge on any atom is -0.496 e. The molecule has 0 fully saturated rings. The van der Waals surface area contributed by atoms with Crippen molar-refractivity contribution in [1.82, 2.24) is 10.4 Å². The van der Waals surface area contributed by atoms with Gasteiger partial charge in [0.25, 0.3) is 5.91 Å². The molecule has 0 bridgehead atoms. The predicted octanol–water partition coefficient (Wildman–Crippen LogP) is 2.64. The first kappa shape index (κ1) is 15.3. The first-order valence-corrected chi connectivity index (χ1v) is 6.14. The van der Waals surface area contributed by atoms with Gasteiger partial charge in [0.1, 0.15) is 5.75 Å². The van der Waals surface area contributed by atoms with Crippen molar-refractivity contribution >= 4 is 34.8 Å². The summed E-state index contributed by atoms with van der Waals surface area (Å²) in [7, 11) is 1.53. The lowest BCUT2D eigenvalue weighted by atomic mass is 10.2. The number of hydrogen-bond donors (Lipinski definition) is 2. The molecule has 7 heteroatoms. The number of hydrogen-bond acceptors (Lipinski definition) is 5. The van der Waals surface area contributed by atoms with Crippen LogP contribution in [0.2, 0.25) is 0 Å². The lowest BCUT2D eigenvalue weighted by Crippen LogP contribution is -2.29. The number of methoxy groups -OCH3 is 1. The summed E-state index contributed by atoms with van der Waals surface area (Å²) < 4.78 is 5.12. The number of nitrogens with zero attached hydrogens (tertiary/aromatic N) is 1. The summed E-state index contributed by atoms with van der Waals surface area (Å²) in [6.07, 6.45) is 1.74. The zero-order valence-electron chi connectivity index (χ0n) is 10.5. The number of anilines is 1. The Hall–Kier alpha value is -1.79. The highest BCUT2D eigenvalue weighted by molar-refractivity contribution is 7.15. The van der Waals surface area contributed by atoms with Crippen molar-refractivity contribution in [2.24, 2.45) is 0 Å². The van der Waals surface area contributed by atoms with Crippen LogP contribution < -0.4 is 15.6 Å². The summed E-state index contributed by atoms with van der Waals surface area (Å²) in [5, 5.41) is 0.649. The first-order chi connectivity index (χ1) is 8.70. The number of halogens is 1. The van der Waals surface area contributed by atoms with Crippen LogP contribution in [-0.4, -0.2) is 18.0 Å². The number of rotatable bonds is 4. The van der Waals surface area contributed by atoms with Crippen LogP contribution in [0.25, 0.3) is 0 Å². The zero-order valence-corrected chi connectivity index (χ0v) is 12.1. The Bertz CT molecular complexity index is 559. The van der Waals surface area contributed by atoms with Gasteiger partial charge in [0.2, 0.25) is 5.13 Å². The van der Waals surface area contributed by atoms with Gasteiger partial charge in [-0.3, -0.25) is 15.6 Å². The van der Waals surface area contributed by atoms with Crippen molar-refractivity contribution in [3.05, 3.63) is 40.9 Å². The Balaban J connectivity index is 0.00000180. The van der Waals surface area contributed by atoms with E-state index in [1.807, 2.05) is 13.0 Å². The number of ether oxygens (including phenoxy) is 1. The fraction of sp³-hybridized carbons (Fsp3) is 0.167. The lowest BCUT2D eigenvalue weighted by molar-refractivity contribution is 0.0959. The van der Waals surface area contributed by atoms with E-state index in [0.29, 0.717) is 16.4 Å². The predicted molar refractivity (Wildman–Crippen MR) is 78.2 cm³/mol. The largest absolute Gasteiger partial charge is 0.496 e. The average Bonchev–Trinajstić information content (AvgIpc) is 2.81. The van der Waals surface area contributed by atoms with Crippen molar-refractivity contribution in [2.75, 3.05) is 12.5 Å². The molecule has 0 aliphatic heterocycles. The first-order valence-electron chi connectivity index (χ1n) is 5.32. The fourth-order valence-electron chi connectivity index (χ4n) is 1.42. The van der Waals surface area contributed by atoms with Gasteiger partial charge in [0, 0.05) is 11.1 Å². The number of aromatic nitrogens is 1. The van der Waals surface area contributed by atoms with Gasteiger partial charge in [-0.05, 0) is 19.1 Å². The molecule has 1 aromatic carbocycles. The quantitative estimate of drug-likeness (QED) is 0.852. The number of amides is 1. The number of thiazole rings is 1. The Morgan fingerprint density at radius 3 is 2.74 bits per heavy atom. The van der Waals surface area contributed by atoms with E-state index in [-0.39, 0.29) is 18.3 Å². The summed E-state index contributed by atoms with van der Waals surface area (Å²) in [4.78, 5) is 17.1. The number of carbonyl (C=O) groups is 1. The zero-order chi connectivity index (χ0) is 13.0. The van der Waals surface area contributed by atoms with Crippen LogP contribution in [0.4, 0.5) is 5.13 Å². The van der Waals surface area contributed by atoms with Crippen LogP contribution in [0.15, 0.2) is 30.5 Å². The molecule has 1 amide bonds. The maximum atomic E-state index is 11.9. The molecule has 0 spiro atoms. The van der Waals surface area contributed by atoms with Gasteiger partial charge >= 0.3 is 0 Å². The topological polar surface area (TPSA) is 63.2 Å². The molecular formula is C12H14ClN3O2S. The third kappa shape index (κ3) is 3.84. The highest BCUT2D eigenvalue weighted by atomic mass is 35.5. The third-order valence-electron chi connectivity index (χ3n) is 2.26. The van der Waals surface area contributed by atoms with Gasteiger partial charge < -0.3 is 4.74 Å². The Morgan fingerprint density at radius 2 is 2.11 bits per heavy atom. The van der Waals surface area contributed by atoms with E-state index >= 15 is 0 Å². The van der Waals surface area contributed by atoms with Crippen molar-refractivity contribution in [3.63, 3.8) is 0 Å². The molecule has 102 valence electrons. The number of para-hydroxylation sites is 1. The van der Waals surface area contributed by atoms with Gasteiger partial charge in [-0.1, -0.05) is 12.1 Å². The van der Waals surface area contributed by atoms with Gasteiger partial charge in [0.05, 0.1) is 12.7 Å². The molecule has 5 nitrogen and oxygen atoms in total. The highest BCUT2D eigenvalue weighted by Crippen LogP contribution is 2.18. The van der Waals surface area contributed by atoms with E-state index in [9.17, 15) is 4.79 Å². The molecule has 1 heterocycles. The smallest absolute Gasteiger partial charge is 0.273 e. The number of benzene rings is 1. The number of carbonyl (C=O) groups excluding carboxylic acids is 1. The second-order valence-electron chi connectivity index (χ2n) is 3.56. The van der Waals surface area contributed by atoms with Crippen LogP contribution in [0.1, 0.15) is 15.2 Å². The maximum Gasteiger partial charge on any atom is 0.273 e. The molecule has 2 rings (SSSR count). The molecular weight excluding hydrogens is 286 g/mol. The standard InChI is InChI=1S/C12H13N3O2S.ClH/c1-8-7-13-12(18-8)15-14-11(16)9-5-3-4-6-10(9)17-2;/h3-7H,1-2H3,(H,13,15)(H,14,16);1H. The normalized spacial score (nSPS) is 9.37. The fourth-order valence-corrected chi connectivity index (χ4v) is 2.04. The molecule has 0 saturated heterocycles. The lowest BCUT2D eigenvalue weighted by Gasteiger charge is -2.08. The van der Waals surface area contributed by atoms with Crippen molar-refractivity contribution < 1.29 is 9.53 Å². The van der Waals surface area contributed by atoms with Crippen LogP contribution in [0.3, 0.4) is 0 Å². The second-order valence-corrected chi connectivity index (χ2v) is 4.79. The number of hydrazine groups is 1. The summed E-state index contributed by atoms with van der Waals surface area (Å²) in [6.45, 7) is 1.95. The maximum absolute atomic E-state index is 11.9. The van der Waals surface area contributed by atoms with Crippen molar-refractivity contribution in [1.29, 1.82) is 0 Å². The van der Waals surface area contributed by atoms with Crippen LogP contribution >= 0.6 is 23.7 Å². The van der Waals surface area contributed by atoms with Crippen LogP contribution in [-0.2, 0) is 0 Å². The Kier molecular flexibility index (Phi) is 5.59. The van der Waals surface area contributed by atoms with E-state index in [1.165, 1.54) is 18.4 Å². The van der Waals surface area contributed by atoms with E-state index < -0.39 is 0 Å².